The molecule has 0 radical (unpaired) electrons. The SMILES string of the molecule is CC1(C)COc2cc(/C=C/c3ccsc3)ccc2C1NC(=O)O[C@H]1CN2CCC1CC2. The van der Waals surface area contributed by atoms with Crippen molar-refractivity contribution in [1.82, 2.24) is 10.2 Å². The maximum absolute atomic E-state index is 12.9. The molecule has 3 saturated heterocycles. The number of ether oxygens (including phenoxy) is 2. The Balaban J connectivity index is 1.30. The van der Waals surface area contributed by atoms with Gasteiger partial charge in [-0.1, -0.05) is 38.1 Å². The van der Waals surface area contributed by atoms with Crippen molar-refractivity contribution < 1.29 is 14.3 Å². The second-order valence-corrected chi connectivity index (χ2v) is 10.4. The first-order chi connectivity index (χ1) is 15.0. The average molecular weight is 439 g/mol. The Labute approximate surface area is 188 Å². The summed E-state index contributed by atoms with van der Waals surface area (Å²) in [4.78, 5) is 15.3. The van der Waals surface area contributed by atoms with Crippen LogP contribution in [0.4, 0.5) is 4.79 Å². The molecule has 1 aromatic carbocycles. The van der Waals surface area contributed by atoms with Gasteiger partial charge < -0.3 is 14.8 Å². The number of nitrogens with zero attached hydrogens (tertiary/aromatic N) is 1. The van der Waals surface area contributed by atoms with E-state index in [1.54, 1.807) is 11.3 Å². The van der Waals surface area contributed by atoms with Crippen LogP contribution in [0.5, 0.6) is 5.75 Å². The van der Waals surface area contributed by atoms with Crippen molar-refractivity contribution in [3.8, 4) is 5.75 Å². The lowest BCUT2D eigenvalue weighted by atomic mass is 9.79. The van der Waals surface area contributed by atoms with E-state index in [0.717, 1.165) is 49.4 Å². The van der Waals surface area contributed by atoms with Crippen molar-refractivity contribution in [3.05, 3.63) is 51.7 Å². The molecule has 0 spiro atoms. The highest BCUT2D eigenvalue weighted by Crippen LogP contribution is 2.43. The molecule has 4 aliphatic heterocycles. The van der Waals surface area contributed by atoms with Gasteiger partial charge in [-0.15, -0.1) is 0 Å². The predicted octanol–water partition coefficient (Wildman–Crippen LogP) is 5.20. The lowest BCUT2D eigenvalue weighted by Gasteiger charge is -2.44. The van der Waals surface area contributed by atoms with Crippen molar-refractivity contribution >= 4 is 29.6 Å². The predicted molar refractivity (Wildman–Crippen MR) is 124 cm³/mol. The minimum absolute atomic E-state index is 0.00883. The summed E-state index contributed by atoms with van der Waals surface area (Å²) < 4.78 is 12.0. The summed E-state index contributed by atoms with van der Waals surface area (Å²) in [5.74, 6) is 1.34. The monoisotopic (exact) mass is 438 g/mol. The molecule has 5 heterocycles. The van der Waals surface area contributed by atoms with Gasteiger partial charge in [-0.25, -0.2) is 4.79 Å². The van der Waals surface area contributed by atoms with Crippen LogP contribution in [0.25, 0.3) is 12.2 Å². The van der Waals surface area contributed by atoms with Gasteiger partial charge in [0.1, 0.15) is 11.9 Å². The first-order valence-electron chi connectivity index (χ1n) is 11.1. The topological polar surface area (TPSA) is 50.8 Å². The Morgan fingerprint density at radius 2 is 2.03 bits per heavy atom. The smallest absolute Gasteiger partial charge is 0.407 e. The molecule has 4 aliphatic rings. The van der Waals surface area contributed by atoms with Crippen LogP contribution in [0, 0.1) is 11.3 Å². The molecule has 6 heteroatoms. The van der Waals surface area contributed by atoms with E-state index in [2.05, 4.69) is 71.2 Å². The largest absolute Gasteiger partial charge is 0.493 e. The molecule has 2 aromatic rings. The summed E-state index contributed by atoms with van der Waals surface area (Å²) in [5.41, 5.74) is 3.06. The summed E-state index contributed by atoms with van der Waals surface area (Å²) in [5, 5.41) is 7.36. The van der Waals surface area contributed by atoms with Crippen LogP contribution in [0.15, 0.2) is 35.0 Å². The van der Waals surface area contributed by atoms with Gasteiger partial charge in [-0.2, -0.15) is 11.3 Å². The van der Waals surface area contributed by atoms with E-state index in [4.69, 9.17) is 9.47 Å². The molecule has 2 atom stereocenters. The fourth-order valence-electron chi connectivity index (χ4n) is 4.96. The number of nitrogens with one attached hydrogen (secondary N) is 1. The summed E-state index contributed by atoms with van der Waals surface area (Å²) >= 11 is 1.69. The Morgan fingerprint density at radius 3 is 2.74 bits per heavy atom. The van der Waals surface area contributed by atoms with E-state index >= 15 is 0 Å². The molecule has 1 unspecified atom stereocenters. The quantitative estimate of drug-likeness (QED) is 0.713. The molecule has 0 aliphatic carbocycles. The van der Waals surface area contributed by atoms with Gasteiger partial charge in [0.25, 0.3) is 0 Å². The van der Waals surface area contributed by atoms with E-state index < -0.39 is 0 Å². The van der Waals surface area contributed by atoms with Crippen LogP contribution in [0.1, 0.15) is 49.4 Å². The highest BCUT2D eigenvalue weighted by atomic mass is 32.1. The molecule has 5 nitrogen and oxygen atoms in total. The van der Waals surface area contributed by atoms with Gasteiger partial charge in [-0.3, -0.25) is 4.90 Å². The van der Waals surface area contributed by atoms with Crippen LogP contribution in [0.2, 0.25) is 0 Å². The number of carbonyl (C=O) groups excluding carboxylic acids is 1. The minimum atomic E-state index is -0.314. The Bertz CT molecular complexity index is 961. The Hall–Kier alpha value is -2.31. The molecule has 1 amide bonds. The number of fused-ring (bicyclic) bond motifs is 4. The molecule has 1 N–H and O–H groups in total. The van der Waals surface area contributed by atoms with Gasteiger partial charge in [0.15, 0.2) is 0 Å². The van der Waals surface area contributed by atoms with Crippen LogP contribution in [-0.4, -0.2) is 43.3 Å². The zero-order chi connectivity index (χ0) is 21.4. The summed E-state index contributed by atoms with van der Waals surface area (Å²) in [7, 11) is 0. The van der Waals surface area contributed by atoms with Crippen LogP contribution >= 0.6 is 11.3 Å². The van der Waals surface area contributed by atoms with E-state index in [1.165, 1.54) is 5.56 Å². The number of piperidine rings is 3. The zero-order valence-corrected chi connectivity index (χ0v) is 19.0. The lowest BCUT2D eigenvalue weighted by Crippen LogP contribution is -2.53. The van der Waals surface area contributed by atoms with Crippen molar-refractivity contribution in [3.63, 3.8) is 0 Å². The summed E-state index contributed by atoms with van der Waals surface area (Å²) in [6, 6.07) is 8.16. The zero-order valence-electron chi connectivity index (χ0n) is 18.2. The second-order valence-electron chi connectivity index (χ2n) is 9.62. The fourth-order valence-corrected chi connectivity index (χ4v) is 5.58. The van der Waals surface area contributed by atoms with E-state index in [9.17, 15) is 4.79 Å². The maximum atomic E-state index is 12.9. The van der Waals surface area contributed by atoms with Crippen molar-refractivity contribution in [2.75, 3.05) is 26.2 Å². The number of hydrogen-bond donors (Lipinski definition) is 1. The molecule has 6 rings (SSSR count). The standard InChI is InChI=1S/C25H30N2O3S/c1-25(2)16-29-21-13-17(3-4-18-9-12-31-15-18)5-6-20(21)23(25)26-24(28)30-22-14-27-10-7-19(22)8-11-27/h3-6,9,12-13,15,19,22-23H,7-8,10-11,14,16H2,1-2H3,(H,26,28)/b4-3+/t22-,23?/m0/s1. The number of amides is 1. The number of hydrogen-bond acceptors (Lipinski definition) is 5. The Kier molecular flexibility index (Phi) is 5.52. The minimum Gasteiger partial charge on any atom is -0.493 e. The van der Waals surface area contributed by atoms with Gasteiger partial charge in [0.2, 0.25) is 0 Å². The number of thiophene rings is 1. The molecular weight excluding hydrogens is 408 g/mol. The normalized spacial score (nSPS) is 28.7. The second kappa shape index (κ2) is 8.32. The van der Waals surface area contributed by atoms with E-state index in [1.807, 2.05) is 0 Å². The third-order valence-corrected chi connectivity index (χ3v) is 7.56. The van der Waals surface area contributed by atoms with Gasteiger partial charge in [-0.05, 0) is 65.9 Å². The third kappa shape index (κ3) is 4.37. The fraction of sp³-hybridized carbons (Fsp3) is 0.480. The highest BCUT2D eigenvalue weighted by molar-refractivity contribution is 7.08. The third-order valence-electron chi connectivity index (χ3n) is 6.86. The average Bonchev–Trinajstić information content (AvgIpc) is 3.29. The van der Waals surface area contributed by atoms with Crippen molar-refractivity contribution in [1.29, 1.82) is 0 Å². The first-order valence-corrected chi connectivity index (χ1v) is 12.1. The van der Waals surface area contributed by atoms with Crippen molar-refractivity contribution in [2.45, 2.75) is 38.8 Å². The molecule has 164 valence electrons. The molecule has 1 aromatic heterocycles. The maximum Gasteiger partial charge on any atom is 0.407 e. The van der Waals surface area contributed by atoms with Crippen LogP contribution < -0.4 is 10.1 Å². The summed E-state index contributed by atoms with van der Waals surface area (Å²) in [6.07, 6.45) is 6.15. The Morgan fingerprint density at radius 1 is 1.23 bits per heavy atom. The first kappa shape index (κ1) is 20.6. The van der Waals surface area contributed by atoms with Gasteiger partial charge in [0.05, 0.1) is 12.6 Å². The molecule has 2 bridgehead atoms. The molecular formula is C25H30N2O3S. The number of alkyl carbamates (subject to hydrolysis) is 1. The van der Waals surface area contributed by atoms with Gasteiger partial charge in [0, 0.05) is 17.5 Å². The van der Waals surface area contributed by atoms with E-state index in [-0.39, 0.29) is 23.7 Å². The van der Waals surface area contributed by atoms with Crippen molar-refractivity contribution in [2.24, 2.45) is 11.3 Å². The lowest BCUT2D eigenvalue weighted by molar-refractivity contribution is -0.0361. The molecule has 3 fully saturated rings. The highest BCUT2D eigenvalue weighted by Gasteiger charge is 2.41. The number of rotatable bonds is 4. The molecule has 31 heavy (non-hydrogen) atoms. The summed E-state index contributed by atoms with van der Waals surface area (Å²) in [6.45, 7) is 7.93. The van der Waals surface area contributed by atoms with E-state index in [0.29, 0.717) is 12.5 Å². The van der Waals surface area contributed by atoms with Gasteiger partial charge >= 0.3 is 6.09 Å². The molecule has 0 saturated carbocycles. The number of carbonyl (C=O) groups is 1. The van der Waals surface area contributed by atoms with Crippen LogP contribution in [-0.2, 0) is 4.74 Å². The number of benzene rings is 1. The van der Waals surface area contributed by atoms with Crippen LogP contribution in [0.3, 0.4) is 0 Å².